The number of nitrogens with one attached hydrogen (secondary N) is 1. The molecule has 92 valence electrons. The highest BCUT2D eigenvalue weighted by atomic mass is 35.5. The topological polar surface area (TPSA) is 37.8 Å². The molecule has 1 aliphatic carbocycles. The zero-order valence-electron chi connectivity index (χ0n) is 10.2. The minimum absolute atomic E-state index is 0.730. The smallest absolute Gasteiger partial charge is 0.161 e. The summed E-state index contributed by atoms with van der Waals surface area (Å²) in [7, 11) is 1.91. The first-order valence-electron chi connectivity index (χ1n) is 6.11. The molecule has 1 N–H and O–H groups in total. The van der Waals surface area contributed by atoms with Crippen molar-refractivity contribution in [2.75, 3.05) is 12.4 Å². The summed E-state index contributed by atoms with van der Waals surface area (Å²) in [4.78, 5) is 9.27. The van der Waals surface area contributed by atoms with E-state index in [1.807, 2.05) is 31.3 Å². The van der Waals surface area contributed by atoms with Crippen LogP contribution < -0.4 is 5.32 Å². The van der Waals surface area contributed by atoms with Crippen molar-refractivity contribution in [2.45, 2.75) is 19.3 Å². The van der Waals surface area contributed by atoms with Gasteiger partial charge in [-0.05, 0) is 43.5 Å². The molecule has 0 fully saturated rings. The molecule has 0 saturated heterocycles. The Kier molecular flexibility index (Phi) is 2.92. The average molecular weight is 260 g/mol. The molecule has 1 aromatic carbocycles. The zero-order chi connectivity index (χ0) is 12.5. The number of benzene rings is 1. The monoisotopic (exact) mass is 259 g/mol. The molecular formula is C14H14ClN3. The molecule has 2 aromatic rings. The number of aromatic nitrogens is 2. The van der Waals surface area contributed by atoms with Crippen molar-refractivity contribution < 1.29 is 0 Å². The van der Waals surface area contributed by atoms with Crippen LogP contribution in [-0.4, -0.2) is 17.0 Å². The van der Waals surface area contributed by atoms with E-state index in [0.29, 0.717) is 0 Å². The summed E-state index contributed by atoms with van der Waals surface area (Å²) in [6.07, 6.45) is 3.29. The molecule has 0 saturated carbocycles. The Balaban J connectivity index is 2.10. The second-order valence-corrected chi connectivity index (χ2v) is 4.87. The molecule has 0 unspecified atom stereocenters. The standard InChI is InChI=1S/C14H14ClN3/c1-16-14-11-3-2-4-12(11)17-13(18-14)9-5-7-10(15)8-6-9/h5-8H,2-4H2,1H3,(H,16,17,18). The molecule has 0 bridgehead atoms. The summed E-state index contributed by atoms with van der Waals surface area (Å²) < 4.78 is 0. The van der Waals surface area contributed by atoms with E-state index in [0.717, 1.165) is 35.1 Å². The minimum atomic E-state index is 0.730. The predicted molar refractivity (Wildman–Crippen MR) is 74.0 cm³/mol. The fraction of sp³-hybridized carbons (Fsp3) is 0.286. The van der Waals surface area contributed by atoms with Crippen LogP contribution in [0.25, 0.3) is 11.4 Å². The van der Waals surface area contributed by atoms with E-state index in [-0.39, 0.29) is 0 Å². The van der Waals surface area contributed by atoms with Gasteiger partial charge in [0.1, 0.15) is 5.82 Å². The van der Waals surface area contributed by atoms with Gasteiger partial charge in [-0.25, -0.2) is 9.97 Å². The Morgan fingerprint density at radius 2 is 1.89 bits per heavy atom. The third kappa shape index (κ3) is 1.95. The molecule has 3 rings (SSSR count). The number of nitrogens with zero attached hydrogens (tertiary/aromatic N) is 2. The van der Waals surface area contributed by atoms with E-state index in [4.69, 9.17) is 11.6 Å². The molecule has 0 atom stereocenters. The number of aryl methyl sites for hydroxylation is 1. The van der Waals surface area contributed by atoms with Crippen molar-refractivity contribution >= 4 is 17.4 Å². The number of fused-ring (bicyclic) bond motifs is 1. The Morgan fingerprint density at radius 1 is 1.11 bits per heavy atom. The van der Waals surface area contributed by atoms with Gasteiger partial charge in [-0.2, -0.15) is 0 Å². The van der Waals surface area contributed by atoms with Gasteiger partial charge in [0.05, 0.1) is 0 Å². The Hall–Kier alpha value is -1.61. The van der Waals surface area contributed by atoms with Gasteiger partial charge in [0.15, 0.2) is 5.82 Å². The lowest BCUT2D eigenvalue weighted by Gasteiger charge is -2.09. The number of anilines is 1. The van der Waals surface area contributed by atoms with Crippen molar-refractivity contribution in [1.82, 2.24) is 9.97 Å². The van der Waals surface area contributed by atoms with Crippen LogP contribution in [0.5, 0.6) is 0 Å². The molecule has 3 nitrogen and oxygen atoms in total. The maximum Gasteiger partial charge on any atom is 0.161 e. The van der Waals surface area contributed by atoms with Gasteiger partial charge >= 0.3 is 0 Å². The number of hydrogen-bond acceptors (Lipinski definition) is 3. The van der Waals surface area contributed by atoms with E-state index in [1.165, 1.54) is 17.7 Å². The lowest BCUT2D eigenvalue weighted by Crippen LogP contribution is -2.03. The van der Waals surface area contributed by atoms with Crippen LogP contribution in [0, 0.1) is 0 Å². The first-order valence-corrected chi connectivity index (χ1v) is 6.49. The maximum absolute atomic E-state index is 5.90. The van der Waals surface area contributed by atoms with E-state index in [1.54, 1.807) is 0 Å². The second kappa shape index (κ2) is 4.58. The highest BCUT2D eigenvalue weighted by molar-refractivity contribution is 6.30. The summed E-state index contributed by atoms with van der Waals surface area (Å²) in [5.74, 6) is 1.74. The molecule has 1 heterocycles. The fourth-order valence-electron chi connectivity index (χ4n) is 2.37. The van der Waals surface area contributed by atoms with E-state index in [9.17, 15) is 0 Å². The summed E-state index contributed by atoms with van der Waals surface area (Å²) in [6.45, 7) is 0. The molecule has 4 heteroatoms. The molecule has 0 radical (unpaired) electrons. The van der Waals surface area contributed by atoms with Crippen LogP contribution in [0.3, 0.4) is 0 Å². The lowest BCUT2D eigenvalue weighted by atomic mass is 10.2. The molecule has 1 aromatic heterocycles. The molecular weight excluding hydrogens is 246 g/mol. The summed E-state index contributed by atoms with van der Waals surface area (Å²) in [5.41, 5.74) is 3.46. The van der Waals surface area contributed by atoms with E-state index in [2.05, 4.69) is 15.3 Å². The van der Waals surface area contributed by atoms with Crippen molar-refractivity contribution in [3.05, 3.63) is 40.5 Å². The van der Waals surface area contributed by atoms with Crippen molar-refractivity contribution in [1.29, 1.82) is 0 Å². The molecule has 0 aliphatic heterocycles. The maximum atomic E-state index is 5.90. The third-order valence-corrected chi connectivity index (χ3v) is 3.52. The molecule has 1 aliphatic rings. The van der Waals surface area contributed by atoms with Gasteiger partial charge in [-0.15, -0.1) is 0 Å². The quantitative estimate of drug-likeness (QED) is 0.899. The number of hydrogen-bond donors (Lipinski definition) is 1. The fourth-order valence-corrected chi connectivity index (χ4v) is 2.49. The van der Waals surface area contributed by atoms with Crippen molar-refractivity contribution in [3.63, 3.8) is 0 Å². The highest BCUT2D eigenvalue weighted by Crippen LogP contribution is 2.29. The second-order valence-electron chi connectivity index (χ2n) is 4.43. The van der Waals surface area contributed by atoms with Gasteiger partial charge in [0.2, 0.25) is 0 Å². The minimum Gasteiger partial charge on any atom is -0.373 e. The van der Waals surface area contributed by atoms with E-state index >= 15 is 0 Å². The first kappa shape index (κ1) is 11.5. The summed E-state index contributed by atoms with van der Waals surface area (Å²) >= 11 is 5.90. The van der Waals surface area contributed by atoms with E-state index < -0.39 is 0 Å². The largest absolute Gasteiger partial charge is 0.373 e. The summed E-state index contributed by atoms with van der Waals surface area (Å²) in [6, 6.07) is 7.65. The van der Waals surface area contributed by atoms with Gasteiger partial charge in [0.25, 0.3) is 0 Å². The highest BCUT2D eigenvalue weighted by Gasteiger charge is 2.19. The Labute approximate surface area is 111 Å². The van der Waals surface area contributed by atoms with Crippen LogP contribution in [0.1, 0.15) is 17.7 Å². The van der Waals surface area contributed by atoms with Crippen molar-refractivity contribution in [2.24, 2.45) is 0 Å². The van der Waals surface area contributed by atoms with Gasteiger partial charge < -0.3 is 5.32 Å². The zero-order valence-corrected chi connectivity index (χ0v) is 11.0. The summed E-state index contributed by atoms with van der Waals surface area (Å²) in [5, 5.41) is 3.90. The molecule has 18 heavy (non-hydrogen) atoms. The average Bonchev–Trinajstić information content (AvgIpc) is 2.86. The van der Waals surface area contributed by atoms with Gasteiger partial charge in [-0.3, -0.25) is 0 Å². The third-order valence-electron chi connectivity index (χ3n) is 3.27. The Bertz CT molecular complexity index is 578. The van der Waals surface area contributed by atoms with Gasteiger partial charge in [0, 0.05) is 28.9 Å². The van der Waals surface area contributed by atoms with Crippen LogP contribution in [-0.2, 0) is 12.8 Å². The van der Waals surface area contributed by atoms with Crippen LogP contribution in [0.2, 0.25) is 5.02 Å². The number of halogens is 1. The van der Waals surface area contributed by atoms with Gasteiger partial charge in [-0.1, -0.05) is 11.6 Å². The number of rotatable bonds is 2. The first-order chi connectivity index (χ1) is 8.78. The SMILES string of the molecule is CNc1nc(-c2ccc(Cl)cc2)nc2c1CCC2. The Morgan fingerprint density at radius 3 is 2.61 bits per heavy atom. The van der Waals surface area contributed by atoms with Crippen LogP contribution >= 0.6 is 11.6 Å². The van der Waals surface area contributed by atoms with Crippen molar-refractivity contribution in [3.8, 4) is 11.4 Å². The van der Waals surface area contributed by atoms with Crippen LogP contribution in [0.4, 0.5) is 5.82 Å². The lowest BCUT2D eigenvalue weighted by molar-refractivity contribution is 0.900. The van der Waals surface area contributed by atoms with Crippen LogP contribution in [0.15, 0.2) is 24.3 Å². The normalized spacial score (nSPS) is 13.4. The molecule has 0 spiro atoms. The molecule has 0 amide bonds. The predicted octanol–water partition coefficient (Wildman–Crippen LogP) is 3.33.